The van der Waals surface area contributed by atoms with Gasteiger partial charge in [0.2, 0.25) is 0 Å². The number of rotatable bonds is 6. The smallest absolute Gasteiger partial charge is 0.162 e. The molecule has 0 fully saturated rings. The second kappa shape index (κ2) is 44.9. The molecule has 0 atom stereocenters. The van der Waals surface area contributed by atoms with Crippen LogP contribution in [0.4, 0.5) is 0 Å². The highest BCUT2D eigenvalue weighted by molar-refractivity contribution is 7.99. The monoisotopic (exact) mass is 636 g/mol. The molecule has 4 aromatic carbocycles. The van der Waals surface area contributed by atoms with Gasteiger partial charge in [0.15, 0.2) is 11.6 Å². The van der Waals surface area contributed by atoms with Crippen LogP contribution in [0.3, 0.4) is 0 Å². The van der Waals surface area contributed by atoms with Crippen molar-refractivity contribution in [2.75, 3.05) is 14.1 Å². The summed E-state index contributed by atoms with van der Waals surface area (Å²) in [7, 11) is 3.00. The summed E-state index contributed by atoms with van der Waals surface area (Å²) < 4.78 is 0. The Balaban J connectivity index is -0.000000153. The van der Waals surface area contributed by atoms with Crippen LogP contribution in [0, 0.1) is 0 Å². The highest BCUT2D eigenvalue weighted by atomic mass is 32.2. The van der Waals surface area contributed by atoms with E-state index >= 15 is 0 Å². The number of carbonyl (C=O) groups is 2. The quantitative estimate of drug-likeness (QED) is 0.206. The van der Waals surface area contributed by atoms with E-state index in [0.717, 1.165) is 11.1 Å². The second-order valence-corrected chi connectivity index (χ2v) is 8.16. The summed E-state index contributed by atoms with van der Waals surface area (Å²) in [5.41, 5.74) is 10.6. The lowest BCUT2D eigenvalue weighted by atomic mass is 10.1. The Kier molecular flexibility index (Phi) is 51.0. The van der Waals surface area contributed by atoms with Crippen molar-refractivity contribution in [2.45, 2.75) is 91.9 Å². The summed E-state index contributed by atoms with van der Waals surface area (Å²) in [6.45, 7) is 19.7. The standard InChI is InChI=1S/C12H10S.2C9H10O.4C2H6.2CH5N/c1-3-7-11(8-4-1)13-12-9-5-2-6-10-12;2*1-2-9(10)8-6-4-3-5-7-8;6*1-2/h1-10H;2*3-7H,2H2,1H3;4*1-2H3;2*2H2,1H3. The van der Waals surface area contributed by atoms with Crippen molar-refractivity contribution >= 4 is 23.3 Å². The Morgan fingerprint density at radius 1 is 0.422 bits per heavy atom. The molecule has 0 saturated carbocycles. The SMILES string of the molecule is CC.CC.CC.CC.CCC(=O)c1ccccc1.CCC(=O)c1ccccc1.CN.CN.c1ccc(Sc2ccccc2)cc1. The number of hydrogen-bond donors (Lipinski definition) is 2. The Morgan fingerprint density at radius 3 is 0.822 bits per heavy atom. The summed E-state index contributed by atoms with van der Waals surface area (Å²) >= 11 is 1.79. The maximum Gasteiger partial charge on any atom is 0.162 e. The summed E-state index contributed by atoms with van der Waals surface area (Å²) in [4.78, 5) is 24.6. The number of Topliss-reactive ketones (excluding diaryl/α,β-unsaturated/α-hetero) is 2. The molecule has 0 heterocycles. The van der Waals surface area contributed by atoms with E-state index in [-0.39, 0.29) is 11.6 Å². The molecule has 0 aromatic heterocycles. The average Bonchev–Trinajstić information content (AvgIpc) is 3.18. The van der Waals surface area contributed by atoms with Crippen LogP contribution in [-0.2, 0) is 0 Å². The van der Waals surface area contributed by atoms with Gasteiger partial charge < -0.3 is 11.5 Å². The minimum absolute atomic E-state index is 0.209. The summed E-state index contributed by atoms with van der Waals surface area (Å²) in [6.07, 6.45) is 1.17. The van der Waals surface area contributed by atoms with Gasteiger partial charge in [-0.15, -0.1) is 0 Å². The number of nitrogens with two attached hydrogens (primary N) is 2. The molecule has 0 aliphatic heterocycles. The highest BCUT2D eigenvalue weighted by Gasteiger charge is 1.99. The number of carbonyl (C=O) groups excluding carboxylic acids is 2. The highest BCUT2D eigenvalue weighted by Crippen LogP contribution is 2.26. The predicted octanol–water partition coefficient (Wildman–Crippen LogP) is 11.7. The molecule has 5 heteroatoms. The Hall–Kier alpha value is -3.51. The molecule has 0 aliphatic carbocycles. The number of hydrogen-bond acceptors (Lipinski definition) is 5. The van der Waals surface area contributed by atoms with Crippen LogP contribution in [-0.4, -0.2) is 25.7 Å². The molecule has 4 nitrogen and oxygen atoms in total. The molecule has 0 spiro atoms. The van der Waals surface area contributed by atoms with E-state index in [9.17, 15) is 9.59 Å². The zero-order chi connectivity index (χ0) is 35.7. The molecule has 0 unspecified atom stereocenters. The van der Waals surface area contributed by atoms with Crippen LogP contribution in [0.1, 0.15) is 103 Å². The molecule has 252 valence electrons. The van der Waals surface area contributed by atoms with Gasteiger partial charge in [0, 0.05) is 33.8 Å². The molecule has 4 aromatic rings. The third-order valence-corrected chi connectivity index (χ3v) is 5.57. The maximum atomic E-state index is 11.0. The third-order valence-electron chi connectivity index (χ3n) is 4.56. The van der Waals surface area contributed by atoms with E-state index in [1.807, 2.05) is 142 Å². The third kappa shape index (κ3) is 30.3. The van der Waals surface area contributed by atoms with Crippen LogP contribution in [0.2, 0.25) is 0 Å². The van der Waals surface area contributed by atoms with Crippen molar-refractivity contribution in [3.05, 3.63) is 132 Å². The fourth-order valence-electron chi connectivity index (χ4n) is 2.77. The molecular weight excluding hydrogens is 573 g/mol. The average molecular weight is 637 g/mol. The van der Waals surface area contributed by atoms with Crippen molar-refractivity contribution in [1.29, 1.82) is 0 Å². The van der Waals surface area contributed by atoms with Gasteiger partial charge in [-0.05, 0) is 38.4 Å². The van der Waals surface area contributed by atoms with Crippen LogP contribution in [0.5, 0.6) is 0 Å². The van der Waals surface area contributed by atoms with Crippen LogP contribution < -0.4 is 11.5 Å². The molecule has 0 aliphatic rings. The Bertz CT molecular complexity index is 987. The number of ketones is 2. The summed E-state index contributed by atoms with van der Waals surface area (Å²) in [5.74, 6) is 0.418. The van der Waals surface area contributed by atoms with Gasteiger partial charge in [0.25, 0.3) is 0 Å². The van der Waals surface area contributed by atoms with Crippen molar-refractivity contribution < 1.29 is 9.59 Å². The van der Waals surface area contributed by atoms with Gasteiger partial charge in [0.1, 0.15) is 0 Å². The van der Waals surface area contributed by atoms with Crippen LogP contribution in [0.25, 0.3) is 0 Å². The molecule has 0 bridgehead atoms. The normalized spacial score (nSPS) is 7.78. The first kappa shape index (κ1) is 51.1. The van der Waals surface area contributed by atoms with Crippen LogP contribution in [0.15, 0.2) is 131 Å². The molecule has 0 radical (unpaired) electrons. The van der Waals surface area contributed by atoms with Gasteiger partial charge in [-0.3, -0.25) is 9.59 Å². The van der Waals surface area contributed by atoms with E-state index < -0.39 is 0 Å². The van der Waals surface area contributed by atoms with Crippen molar-refractivity contribution in [1.82, 2.24) is 0 Å². The predicted molar refractivity (Wildman–Crippen MR) is 205 cm³/mol. The lowest BCUT2D eigenvalue weighted by Crippen LogP contribution is -1.94. The first-order chi connectivity index (χ1) is 22.1. The van der Waals surface area contributed by atoms with E-state index in [0.29, 0.717) is 12.8 Å². The Morgan fingerprint density at radius 2 is 0.622 bits per heavy atom. The molecular formula is C40H64N2O2S. The summed E-state index contributed by atoms with van der Waals surface area (Å²) in [6, 6.07) is 39.5. The van der Waals surface area contributed by atoms with Crippen molar-refractivity contribution in [2.24, 2.45) is 11.5 Å². The van der Waals surface area contributed by atoms with Crippen LogP contribution >= 0.6 is 11.8 Å². The Labute approximate surface area is 282 Å². The van der Waals surface area contributed by atoms with E-state index in [2.05, 4.69) is 60.0 Å². The second-order valence-electron chi connectivity index (χ2n) is 7.01. The van der Waals surface area contributed by atoms with Crippen molar-refractivity contribution in [3.63, 3.8) is 0 Å². The van der Waals surface area contributed by atoms with Gasteiger partial charge >= 0.3 is 0 Å². The zero-order valence-electron chi connectivity index (χ0n) is 30.3. The molecule has 4 rings (SSSR count). The van der Waals surface area contributed by atoms with Gasteiger partial charge in [0.05, 0.1) is 0 Å². The minimum Gasteiger partial charge on any atom is -0.333 e. The fourth-order valence-corrected chi connectivity index (χ4v) is 3.63. The topological polar surface area (TPSA) is 86.2 Å². The van der Waals surface area contributed by atoms with Crippen molar-refractivity contribution in [3.8, 4) is 0 Å². The first-order valence-corrected chi connectivity index (χ1v) is 17.1. The summed E-state index contributed by atoms with van der Waals surface area (Å²) in [5, 5.41) is 0. The first-order valence-electron chi connectivity index (χ1n) is 16.2. The van der Waals surface area contributed by atoms with E-state index in [4.69, 9.17) is 0 Å². The molecule has 0 amide bonds. The number of benzene rings is 4. The zero-order valence-corrected chi connectivity index (χ0v) is 31.2. The minimum atomic E-state index is 0.209. The lowest BCUT2D eigenvalue weighted by Gasteiger charge is -1.99. The largest absolute Gasteiger partial charge is 0.333 e. The van der Waals surface area contributed by atoms with E-state index in [1.165, 1.54) is 23.9 Å². The molecule has 4 N–H and O–H groups in total. The van der Waals surface area contributed by atoms with Gasteiger partial charge in [-0.1, -0.05) is 178 Å². The fraction of sp³-hybridized carbons (Fsp3) is 0.350. The molecule has 0 saturated heterocycles. The molecule has 45 heavy (non-hydrogen) atoms. The maximum absolute atomic E-state index is 11.0. The van der Waals surface area contributed by atoms with Gasteiger partial charge in [-0.25, -0.2) is 0 Å². The lowest BCUT2D eigenvalue weighted by molar-refractivity contribution is 0.0980. The van der Waals surface area contributed by atoms with Gasteiger partial charge in [-0.2, -0.15) is 0 Å². The van der Waals surface area contributed by atoms with E-state index in [1.54, 1.807) is 11.8 Å².